The molecule has 0 fully saturated rings. The van der Waals surface area contributed by atoms with Crippen molar-refractivity contribution in [2.45, 2.75) is 51.7 Å². The summed E-state index contributed by atoms with van der Waals surface area (Å²) in [6.45, 7) is 8.66. The zero-order chi connectivity index (χ0) is 23.6. The molecule has 0 amide bonds. The number of esters is 2. The predicted molar refractivity (Wildman–Crippen MR) is 126 cm³/mol. The van der Waals surface area contributed by atoms with E-state index in [0.717, 1.165) is 17.5 Å². The summed E-state index contributed by atoms with van der Waals surface area (Å²) in [5, 5.41) is 0. The normalized spacial score (nSPS) is 15.6. The molecule has 0 N–H and O–H groups in total. The van der Waals surface area contributed by atoms with E-state index >= 15 is 0 Å². The highest BCUT2D eigenvalue weighted by molar-refractivity contribution is 5.92. The van der Waals surface area contributed by atoms with E-state index in [9.17, 15) is 9.59 Å². The number of carbonyl (C=O) groups excluding carboxylic acids is 2. The summed E-state index contributed by atoms with van der Waals surface area (Å²) >= 11 is 0. The van der Waals surface area contributed by atoms with Crippen LogP contribution in [0, 0.1) is 0 Å². The molecular formula is C28H28O5. The first kappa shape index (κ1) is 22.6. The third kappa shape index (κ3) is 5.25. The highest BCUT2D eigenvalue weighted by Gasteiger charge is 2.39. The molecule has 3 aromatic carbocycles. The molecule has 0 bridgehead atoms. The minimum atomic E-state index is -0.484. The summed E-state index contributed by atoms with van der Waals surface area (Å²) in [7, 11) is 0. The standard InChI is InChI=1S/C28H28O5/c1-27(2)18-28(3,4)33-24-16-21(12-15-23(24)27)26(30)32-22-13-10-20(11-14-22)25(29)31-17-19-8-6-5-7-9-19/h5-16H,17-18H2,1-4H3. The van der Waals surface area contributed by atoms with Crippen molar-refractivity contribution in [1.29, 1.82) is 0 Å². The summed E-state index contributed by atoms with van der Waals surface area (Å²) in [6.07, 6.45) is 0.886. The molecule has 0 aliphatic carbocycles. The average molecular weight is 445 g/mol. The van der Waals surface area contributed by atoms with Gasteiger partial charge in [0.05, 0.1) is 11.1 Å². The minimum absolute atomic E-state index is 0.0511. The van der Waals surface area contributed by atoms with Gasteiger partial charge in [-0.05, 0) is 73.2 Å². The maximum atomic E-state index is 12.7. The summed E-state index contributed by atoms with van der Waals surface area (Å²) in [5.41, 5.74) is 2.42. The summed E-state index contributed by atoms with van der Waals surface area (Å²) in [4.78, 5) is 25.0. The van der Waals surface area contributed by atoms with E-state index in [1.807, 2.05) is 36.4 Å². The van der Waals surface area contributed by atoms with E-state index in [1.165, 1.54) is 0 Å². The lowest BCUT2D eigenvalue weighted by Crippen LogP contribution is -2.41. The Morgan fingerprint density at radius 3 is 2.21 bits per heavy atom. The van der Waals surface area contributed by atoms with Crippen LogP contribution in [0.2, 0.25) is 0 Å². The summed E-state index contributed by atoms with van der Waals surface area (Å²) in [5.74, 6) is 0.136. The van der Waals surface area contributed by atoms with E-state index in [-0.39, 0.29) is 17.6 Å². The van der Waals surface area contributed by atoms with Gasteiger partial charge in [-0.15, -0.1) is 0 Å². The van der Waals surface area contributed by atoms with Crippen molar-refractivity contribution in [1.82, 2.24) is 0 Å². The number of hydrogen-bond acceptors (Lipinski definition) is 5. The molecule has 1 aliphatic rings. The smallest absolute Gasteiger partial charge is 0.343 e. The van der Waals surface area contributed by atoms with Crippen LogP contribution in [0.1, 0.15) is 66.0 Å². The Balaban J connectivity index is 1.41. The van der Waals surface area contributed by atoms with Gasteiger partial charge in [0.1, 0.15) is 23.7 Å². The van der Waals surface area contributed by atoms with E-state index in [4.69, 9.17) is 14.2 Å². The van der Waals surface area contributed by atoms with Crippen LogP contribution in [0.4, 0.5) is 0 Å². The predicted octanol–water partition coefficient (Wildman–Crippen LogP) is 6.10. The first-order valence-electron chi connectivity index (χ1n) is 11.0. The van der Waals surface area contributed by atoms with Crippen molar-refractivity contribution in [2.75, 3.05) is 0 Å². The average Bonchev–Trinajstić information content (AvgIpc) is 2.77. The van der Waals surface area contributed by atoms with Gasteiger partial charge in [0.2, 0.25) is 0 Å². The van der Waals surface area contributed by atoms with Gasteiger partial charge in [0.25, 0.3) is 0 Å². The fourth-order valence-corrected chi connectivity index (χ4v) is 4.42. The second-order valence-electron chi connectivity index (χ2n) is 9.61. The lowest BCUT2D eigenvalue weighted by molar-refractivity contribution is 0.0472. The van der Waals surface area contributed by atoms with Crippen LogP contribution in [0.5, 0.6) is 11.5 Å². The summed E-state index contributed by atoms with van der Waals surface area (Å²) in [6, 6.07) is 21.2. The van der Waals surface area contributed by atoms with Crippen molar-refractivity contribution < 1.29 is 23.8 Å². The SMILES string of the molecule is CC1(C)CC(C)(C)c2ccc(C(=O)Oc3ccc(C(=O)OCc4ccccc4)cc3)cc2O1. The number of rotatable bonds is 5. The van der Waals surface area contributed by atoms with E-state index in [1.54, 1.807) is 36.4 Å². The van der Waals surface area contributed by atoms with Crippen molar-refractivity contribution in [3.05, 3.63) is 95.1 Å². The first-order chi connectivity index (χ1) is 15.6. The number of benzene rings is 3. The third-order valence-corrected chi connectivity index (χ3v) is 5.71. The molecule has 1 aliphatic heterocycles. The molecule has 0 saturated carbocycles. The van der Waals surface area contributed by atoms with Gasteiger partial charge < -0.3 is 14.2 Å². The zero-order valence-electron chi connectivity index (χ0n) is 19.4. The Labute approximate surface area is 194 Å². The summed E-state index contributed by atoms with van der Waals surface area (Å²) < 4.78 is 17.0. The molecule has 0 atom stereocenters. The number of ether oxygens (including phenoxy) is 3. The van der Waals surface area contributed by atoms with Crippen LogP contribution in [0.3, 0.4) is 0 Å². The van der Waals surface area contributed by atoms with Gasteiger partial charge in [0.15, 0.2) is 0 Å². The van der Waals surface area contributed by atoms with Crippen molar-refractivity contribution >= 4 is 11.9 Å². The van der Waals surface area contributed by atoms with E-state index < -0.39 is 11.9 Å². The third-order valence-electron chi connectivity index (χ3n) is 5.71. The topological polar surface area (TPSA) is 61.8 Å². The van der Waals surface area contributed by atoms with Crippen molar-refractivity contribution in [2.24, 2.45) is 0 Å². The minimum Gasteiger partial charge on any atom is -0.488 e. The maximum absolute atomic E-state index is 12.7. The number of hydrogen-bond donors (Lipinski definition) is 0. The monoisotopic (exact) mass is 444 g/mol. The first-order valence-corrected chi connectivity index (χ1v) is 11.0. The molecule has 33 heavy (non-hydrogen) atoms. The van der Waals surface area contributed by atoms with Crippen LogP contribution in [0.25, 0.3) is 0 Å². The van der Waals surface area contributed by atoms with Gasteiger partial charge in [0, 0.05) is 0 Å². The number of carbonyl (C=O) groups is 2. The Bertz CT molecular complexity index is 1160. The zero-order valence-corrected chi connectivity index (χ0v) is 19.4. The van der Waals surface area contributed by atoms with Gasteiger partial charge >= 0.3 is 11.9 Å². The fraction of sp³-hybridized carbons (Fsp3) is 0.286. The van der Waals surface area contributed by atoms with Crippen LogP contribution in [0.15, 0.2) is 72.8 Å². The largest absolute Gasteiger partial charge is 0.488 e. The highest BCUT2D eigenvalue weighted by atomic mass is 16.5. The lowest BCUT2D eigenvalue weighted by Gasteiger charge is -2.42. The molecule has 0 radical (unpaired) electrons. The van der Waals surface area contributed by atoms with E-state index in [0.29, 0.717) is 22.6 Å². The van der Waals surface area contributed by atoms with E-state index in [2.05, 4.69) is 27.7 Å². The second kappa shape index (κ2) is 8.74. The van der Waals surface area contributed by atoms with Crippen LogP contribution < -0.4 is 9.47 Å². The molecule has 4 rings (SSSR count). The van der Waals surface area contributed by atoms with Gasteiger partial charge in [-0.1, -0.05) is 50.2 Å². The molecule has 0 unspecified atom stereocenters. The molecule has 0 spiro atoms. The molecule has 170 valence electrons. The molecule has 1 heterocycles. The highest BCUT2D eigenvalue weighted by Crippen LogP contribution is 2.44. The quantitative estimate of drug-likeness (QED) is 0.351. The van der Waals surface area contributed by atoms with Crippen LogP contribution in [-0.2, 0) is 16.8 Å². The molecule has 0 aromatic heterocycles. The number of fused-ring (bicyclic) bond motifs is 1. The van der Waals surface area contributed by atoms with Crippen molar-refractivity contribution in [3.8, 4) is 11.5 Å². The molecular weight excluding hydrogens is 416 g/mol. The van der Waals surface area contributed by atoms with Crippen molar-refractivity contribution in [3.63, 3.8) is 0 Å². The Morgan fingerprint density at radius 1 is 0.848 bits per heavy atom. The second-order valence-corrected chi connectivity index (χ2v) is 9.61. The van der Waals surface area contributed by atoms with Crippen LogP contribution >= 0.6 is 0 Å². The Morgan fingerprint density at radius 2 is 1.52 bits per heavy atom. The van der Waals surface area contributed by atoms with Gasteiger partial charge in [-0.2, -0.15) is 0 Å². The van der Waals surface area contributed by atoms with Gasteiger partial charge in [-0.3, -0.25) is 0 Å². The van der Waals surface area contributed by atoms with Gasteiger partial charge in [-0.25, -0.2) is 9.59 Å². The molecule has 3 aromatic rings. The Kier molecular flexibility index (Phi) is 5.98. The molecule has 0 saturated heterocycles. The molecule has 5 heteroatoms. The maximum Gasteiger partial charge on any atom is 0.343 e. The fourth-order valence-electron chi connectivity index (χ4n) is 4.42. The Hall–Kier alpha value is -3.60. The molecule has 5 nitrogen and oxygen atoms in total. The van der Waals surface area contributed by atoms with Crippen LogP contribution in [-0.4, -0.2) is 17.5 Å². The lowest BCUT2D eigenvalue weighted by atomic mass is 9.73.